The third-order valence-corrected chi connectivity index (χ3v) is 2.72. The first-order valence-electron chi connectivity index (χ1n) is 4.91. The lowest BCUT2D eigenvalue weighted by Gasteiger charge is -1.99. The van der Waals surface area contributed by atoms with E-state index in [1.165, 1.54) is 7.11 Å². The van der Waals surface area contributed by atoms with Gasteiger partial charge in [-0.25, -0.2) is 0 Å². The number of ether oxygens (including phenoxy) is 1. The van der Waals surface area contributed by atoms with Crippen molar-refractivity contribution in [1.82, 2.24) is 0 Å². The van der Waals surface area contributed by atoms with Gasteiger partial charge in [-0.1, -0.05) is 38.8 Å². The Balaban J connectivity index is 0. The molecule has 0 fully saturated rings. The van der Waals surface area contributed by atoms with Gasteiger partial charge in [-0.15, -0.1) is 0 Å². The Kier molecular flexibility index (Phi) is 14.8. The highest BCUT2D eigenvalue weighted by Gasteiger charge is 2.07. The molecule has 0 spiro atoms. The van der Waals surface area contributed by atoms with Crippen LogP contribution in [0.2, 0.25) is 0 Å². The Labute approximate surface area is 113 Å². The smallest absolute Gasteiger partial charge is 0.306 e. The van der Waals surface area contributed by atoms with Crippen molar-refractivity contribution in [2.75, 3.05) is 17.8 Å². The first kappa shape index (κ1) is 18.3. The second-order valence-corrected chi connectivity index (χ2v) is 4.67. The van der Waals surface area contributed by atoms with Crippen LogP contribution in [0, 0.1) is 5.92 Å². The molecule has 0 aromatic rings. The van der Waals surface area contributed by atoms with E-state index in [4.69, 9.17) is 5.11 Å². The van der Waals surface area contributed by atoms with Gasteiger partial charge in [0.15, 0.2) is 0 Å². The Morgan fingerprint density at radius 2 is 1.88 bits per heavy atom. The molecule has 0 aliphatic carbocycles. The predicted octanol–water partition coefficient (Wildman–Crippen LogP) is 2.83. The fourth-order valence-corrected chi connectivity index (χ4v) is 1.57. The summed E-state index contributed by atoms with van der Waals surface area (Å²) in [6.07, 6.45) is 2.07. The van der Waals surface area contributed by atoms with Crippen molar-refractivity contribution in [3.8, 4) is 0 Å². The molecule has 0 rings (SSSR count). The van der Waals surface area contributed by atoms with Crippen LogP contribution in [0.1, 0.15) is 26.2 Å². The molecule has 0 aromatic heterocycles. The standard InChI is InChI=1S/2C5H9BrO2/c1-8-5(7)3-2-4-6;1-4(2-3-6)5(7)8/h2-4H2,1H3;4H,2-3H2,1H3,(H,7,8). The summed E-state index contributed by atoms with van der Waals surface area (Å²) < 4.78 is 4.39. The second kappa shape index (κ2) is 13.0. The van der Waals surface area contributed by atoms with Crippen molar-refractivity contribution in [2.45, 2.75) is 26.2 Å². The molecule has 0 amide bonds. The van der Waals surface area contributed by atoms with Gasteiger partial charge in [0.05, 0.1) is 13.0 Å². The van der Waals surface area contributed by atoms with E-state index in [0.29, 0.717) is 12.8 Å². The van der Waals surface area contributed by atoms with Gasteiger partial charge in [-0.05, 0) is 12.8 Å². The highest BCUT2D eigenvalue weighted by molar-refractivity contribution is 9.09. The molecule has 0 radical (unpaired) electrons. The van der Waals surface area contributed by atoms with E-state index in [1.54, 1.807) is 6.92 Å². The zero-order valence-corrected chi connectivity index (χ0v) is 12.7. The second-order valence-electron chi connectivity index (χ2n) is 3.09. The summed E-state index contributed by atoms with van der Waals surface area (Å²) in [7, 11) is 1.40. The summed E-state index contributed by atoms with van der Waals surface area (Å²) in [5, 5.41) is 9.92. The molecular weight excluding hydrogens is 344 g/mol. The minimum atomic E-state index is -0.718. The van der Waals surface area contributed by atoms with Gasteiger partial charge >= 0.3 is 11.9 Å². The number of methoxy groups -OCH3 is 1. The summed E-state index contributed by atoms with van der Waals surface area (Å²) in [6.45, 7) is 1.70. The number of hydrogen-bond acceptors (Lipinski definition) is 3. The SMILES string of the molecule is CC(CCBr)C(=O)O.COC(=O)CCCBr. The van der Waals surface area contributed by atoms with Crippen molar-refractivity contribution in [2.24, 2.45) is 5.92 Å². The highest BCUT2D eigenvalue weighted by atomic mass is 79.9. The van der Waals surface area contributed by atoms with Crippen molar-refractivity contribution in [3.63, 3.8) is 0 Å². The number of halogens is 2. The van der Waals surface area contributed by atoms with Gasteiger partial charge in [-0.2, -0.15) is 0 Å². The summed E-state index contributed by atoms with van der Waals surface area (Å²) in [4.78, 5) is 20.4. The molecule has 0 heterocycles. The third-order valence-electron chi connectivity index (χ3n) is 1.71. The fraction of sp³-hybridized carbons (Fsp3) is 0.800. The van der Waals surface area contributed by atoms with Crippen molar-refractivity contribution in [1.29, 1.82) is 0 Å². The van der Waals surface area contributed by atoms with E-state index in [0.717, 1.165) is 17.1 Å². The first-order valence-corrected chi connectivity index (χ1v) is 7.15. The average molecular weight is 362 g/mol. The molecule has 0 bridgehead atoms. The maximum Gasteiger partial charge on any atom is 0.306 e. The maximum absolute atomic E-state index is 10.3. The lowest BCUT2D eigenvalue weighted by molar-refractivity contribution is -0.141. The number of hydrogen-bond donors (Lipinski definition) is 1. The van der Waals surface area contributed by atoms with Crippen molar-refractivity contribution in [3.05, 3.63) is 0 Å². The molecule has 0 saturated heterocycles. The van der Waals surface area contributed by atoms with Gasteiger partial charge in [0, 0.05) is 17.1 Å². The van der Waals surface area contributed by atoms with Crippen LogP contribution in [-0.4, -0.2) is 34.8 Å². The van der Waals surface area contributed by atoms with E-state index < -0.39 is 5.97 Å². The number of carbonyl (C=O) groups is 2. The van der Waals surface area contributed by atoms with Crippen LogP contribution in [-0.2, 0) is 14.3 Å². The molecule has 0 saturated carbocycles. The van der Waals surface area contributed by atoms with E-state index in [1.807, 2.05) is 0 Å². The molecule has 0 aromatic carbocycles. The molecule has 4 nitrogen and oxygen atoms in total. The third kappa shape index (κ3) is 13.9. The Morgan fingerprint density at radius 3 is 2.12 bits per heavy atom. The molecule has 1 N–H and O–H groups in total. The van der Waals surface area contributed by atoms with Crippen molar-refractivity contribution < 1.29 is 19.4 Å². The number of rotatable bonds is 6. The van der Waals surface area contributed by atoms with Crippen molar-refractivity contribution >= 4 is 43.8 Å². The molecule has 0 aliphatic rings. The minimum absolute atomic E-state index is 0.135. The Bertz CT molecular complexity index is 195. The van der Waals surface area contributed by atoms with E-state index in [-0.39, 0.29) is 11.9 Å². The number of esters is 1. The number of carbonyl (C=O) groups excluding carboxylic acids is 1. The van der Waals surface area contributed by atoms with Gasteiger partial charge in [0.1, 0.15) is 0 Å². The summed E-state index contributed by atoms with van der Waals surface area (Å²) in [5.74, 6) is -1.07. The van der Waals surface area contributed by atoms with Crippen LogP contribution in [0.15, 0.2) is 0 Å². The minimum Gasteiger partial charge on any atom is -0.481 e. The predicted molar refractivity (Wildman–Crippen MR) is 70.3 cm³/mol. The lowest BCUT2D eigenvalue weighted by Crippen LogP contribution is -2.09. The summed E-state index contributed by atoms with van der Waals surface area (Å²) in [5.41, 5.74) is 0. The Morgan fingerprint density at radius 1 is 1.31 bits per heavy atom. The van der Waals surface area contributed by atoms with Crippen LogP contribution >= 0.6 is 31.9 Å². The Hall–Kier alpha value is -0.100. The topological polar surface area (TPSA) is 63.6 Å². The molecule has 1 atom stereocenters. The summed E-state index contributed by atoms with van der Waals surface area (Å²) >= 11 is 6.35. The summed E-state index contributed by atoms with van der Waals surface area (Å²) in [6, 6.07) is 0. The van der Waals surface area contributed by atoms with Crippen LogP contribution in [0.4, 0.5) is 0 Å². The number of aliphatic carboxylic acids is 1. The lowest BCUT2D eigenvalue weighted by atomic mass is 10.1. The number of carboxylic acid groups (broad SMARTS) is 1. The zero-order chi connectivity index (χ0) is 13.0. The van der Waals surface area contributed by atoms with E-state index in [9.17, 15) is 9.59 Å². The molecule has 0 aliphatic heterocycles. The largest absolute Gasteiger partial charge is 0.481 e. The average Bonchev–Trinajstić information content (AvgIpc) is 2.27. The molecule has 96 valence electrons. The van der Waals surface area contributed by atoms with E-state index in [2.05, 4.69) is 36.6 Å². The van der Waals surface area contributed by atoms with Crippen LogP contribution in [0.25, 0.3) is 0 Å². The van der Waals surface area contributed by atoms with Gasteiger partial charge in [0.25, 0.3) is 0 Å². The van der Waals surface area contributed by atoms with Crippen LogP contribution < -0.4 is 0 Å². The van der Waals surface area contributed by atoms with Gasteiger partial charge in [0.2, 0.25) is 0 Å². The van der Waals surface area contributed by atoms with E-state index >= 15 is 0 Å². The number of carboxylic acids is 1. The zero-order valence-electron chi connectivity index (χ0n) is 9.54. The number of alkyl halides is 2. The fourth-order valence-electron chi connectivity index (χ4n) is 0.600. The molecule has 1 unspecified atom stereocenters. The monoisotopic (exact) mass is 360 g/mol. The van der Waals surface area contributed by atoms with Crippen LogP contribution in [0.5, 0.6) is 0 Å². The molecule has 6 heteroatoms. The normalized spacial score (nSPS) is 11.0. The van der Waals surface area contributed by atoms with Gasteiger partial charge in [-0.3, -0.25) is 9.59 Å². The quantitative estimate of drug-likeness (QED) is 0.583. The van der Waals surface area contributed by atoms with Crippen LogP contribution in [0.3, 0.4) is 0 Å². The molecular formula is C10H18Br2O4. The molecule has 16 heavy (non-hydrogen) atoms. The maximum atomic E-state index is 10.3. The highest BCUT2D eigenvalue weighted by Crippen LogP contribution is 2.02. The van der Waals surface area contributed by atoms with Gasteiger partial charge < -0.3 is 9.84 Å². The first-order chi connectivity index (χ1) is 7.49.